The summed E-state index contributed by atoms with van der Waals surface area (Å²) in [6.07, 6.45) is 7.67. The number of amidine groups is 1. The van der Waals surface area contributed by atoms with Crippen molar-refractivity contribution < 1.29 is 21.8 Å². The molecule has 0 aliphatic carbocycles. The first-order chi connectivity index (χ1) is 17.8. The van der Waals surface area contributed by atoms with Crippen LogP contribution in [0.1, 0.15) is 13.8 Å². The second kappa shape index (κ2) is 11.6. The van der Waals surface area contributed by atoms with Gasteiger partial charge in [0, 0.05) is 42.3 Å². The predicted molar refractivity (Wildman–Crippen MR) is 154 cm³/mol. The zero-order valence-electron chi connectivity index (χ0n) is 21.1. The molecule has 0 radical (unpaired) electrons. The molecule has 0 unspecified atom stereocenters. The van der Waals surface area contributed by atoms with E-state index in [0.717, 1.165) is 22.1 Å². The van der Waals surface area contributed by atoms with Crippen LogP contribution in [0.3, 0.4) is 0 Å². The van der Waals surface area contributed by atoms with Crippen LogP contribution in [-0.4, -0.2) is 39.0 Å². The smallest absolute Gasteiger partial charge is 0.385 e. The number of aromatic nitrogens is 2. The lowest BCUT2D eigenvalue weighted by molar-refractivity contribution is -0.642. The van der Waals surface area contributed by atoms with E-state index in [0.29, 0.717) is 37.4 Å². The monoisotopic (exact) mass is 605 g/mol. The van der Waals surface area contributed by atoms with E-state index in [1.54, 1.807) is 9.47 Å². The molecule has 7 nitrogen and oxygen atoms in total. The second-order valence-corrected chi connectivity index (χ2v) is 11.6. The zero-order chi connectivity index (χ0) is 26.3. The lowest BCUT2D eigenvalue weighted by atomic mass is 10.2. The van der Waals surface area contributed by atoms with E-state index < -0.39 is 0 Å². The van der Waals surface area contributed by atoms with E-state index in [4.69, 9.17) is 16.6 Å². The number of thioether (sulfide) groups is 1. The molecule has 1 fully saturated rings. The van der Waals surface area contributed by atoms with Crippen molar-refractivity contribution in [2.45, 2.75) is 20.4 Å². The number of likely N-dealkylation sites (N-methyl/N-ethyl adjacent to an activating group) is 1. The Kier molecular flexibility index (Phi) is 8.68. The number of amides is 1. The fraction of sp³-hybridized carbons (Fsp3) is 0.231. The molecule has 2 aromatic heterocycles. The molecule has 2 aliphatic heterocycles. The van der Waals surface area contributed by atoms with Crippen LogP contribution in [-0.2, 0) is 18.4 Å². The van der Waals surface area contributed by atoms with Crippen LogP contribution in [0.25, 0.3) is 21.9 Å². The van der Waals surface area contributed by atoms with Gasteiger partial charge in [-0.15, -0.1) is 11.3 Å². The largest absolute Gasteiger partial charge is 1.00 e. The van der Waals surface area contributed by atoms with Crippen LogP contribution in [0.15, 0.2) is 63.9 Å². The Morgan fingerprint density at radius 2 is 1.82 bits per heavy atom. The molecule has 198 valence electrons. The van der Waals surface area contributed by atoms with E-state index in [1.807, 2.05) is 91.5 Å². The molecule has 5 rings (SSSR count). The molecule has 0 saturated carbocycles. The maximum absolute atomic E-state index is 13.5. The number of carbonyl (C=O) groups is 1. The predicted octanol–water partition coefficient (Wildman–Crippen LogP) is 0.655. The van der Waals surface area contributed by atoms with Crippen molar-refractivity contribution in [3.63, 3.8) is 0 Å². The van der Waals surface area contributed by atoms with Gasteiger partial charge in [0.05, 0.1) is 12.7 Å². The van der Waals surface area contributed by atoms with E-state index in [-0.39, 0.29) is 23.9 Å². The SMILES string of the molecule is CCN1C(=O)/C(=c2/s/c(=C3/C=CC=CN3C)c(=O)n2CC)SC1=Nc1scc(-c2ccc(Cl)cc2)[n+]1C.[Cl-]. The van der Waals surface area contributed by atoms with E-state index >= 15 is 0 Å². The highest BCUT2D eigenvalue weighted by atomic mass is 35.5. The number of allylic oxidation sites excluding steroid dienone is 2. The summed E-state index contributed by atoms with van der Waals surface area (Å²) in [6.45, 7) is 4.81. The number of rotatable bonds is 4. The maximum atomic E-state index is 13.5. The summed E-state index contributed by atoms with van der Waals surface area (Å²) in [5, 5.41) is 4.12. The van der Waals surface area contributed by atoms with Crippen molar-refractivity contribution in [1.29, 1.82) is 0 Å². The maximum Gasteiger partial charge on any atom is 0.385 e. The third-order valence-electron chi connectivity index (χ3n) is 6.12. The highest BCUT2D eigenvalue weighted by molar-refractivity contribution is 8.23. The molecule has 12 heteroatoms. The lowest BCUT2D eigenvalue weighted by Gasteiger charge is -2.16. The Morgan fingerprint density at radius 1 is 1.08 bits per heavy atom. The van der Waals surface area contributed by atoms with Gasteiger partial charge in [0.15, 0.2) is 0 Å². The van der Waals surface area contributed by atoms with Crippen LogP contribution in [0.5, 0.6) is 0 Å². The Morgan fingerprint density at radius 3 is 2.47 bits per heavy atom. The van der Waals surface area contributed by atoms with Gasteiger partial charge in [0.1, 0.15) is 19.8 Å². The quantitative estimate of drug-likeness (QED) is 0.410. The van der Waals surface area contributed by atoms with Crippen molar-refractivity contribution in [1.82, 2.24) is 14.4 Å². The van der Waals surface area contributed by atoms with Gasteiger partial charge in [0.2, 0.25) is 0 Å². The molecule has 1 amide bonds. The zero-order valence-corrected chi connectivity index (χ0v) is 25.1. The number of aliphatic imine (C=N–C) groups is 1. The standard InChI is InChI=1S/C26H25ClN5O2S3.ClH/c1-5-31-22(33)20(18-9-7-8-14-29(18)3)36-24(31)21-23(34)32(6-2)26(37-21)28-25-30(4)19(15-35-25)16-10-12-17(27)13-11-16;/h7-15H,5-6H2,1-4H3;1H/q+1;/p-1/b20-18-,24-21-;. The Bertz CT molecular complexity index is 1670. The lowest BCUT2D eigenvalue weighted by Crippen LogP contribution is -3.00. The van der Waals surface area contributed by atoms with Gasteiger partial charge in [0.25, 0.3) is 16.6 Å². The molecule has 1 aromatic carbocycles. The number of hydrogen-bond donors (Lipinski definition) is 0. The van der Waals surface area contributed by atoms with Crippen LogP contribution in [0, 0.1) is 0 Å². The van der Waals surface area contributed by atoms with Gasteiger partial charge in [-0.05, 0) is 67.0 Å². The van der Waals surface area contributed by atoms with Gasteiger partial charge in [-0.2, -0.15) is 0 Å². The van der Waals surface area contributed by atoms with E-state index in [1.165, 1.54) is 34.4 Å². The molecule has 0 N–H and O–H groups in total. The average Bonchev–Trinajstić information content (AvgIpc) is 3.52. The molecule has 38 heavy (non-hydrogen) atoms. The average molecular weight is 607 g/mol. The summed E-state index contributed by atoms with van der Waals surface area (Å²) in [5.41, 5.74) is 2.79. The molecule has 0 bridgehead atoms. The number of hydrogen-bond acceptors (Lipinski definition) is 7. The van der Waals surface area contributed by atoms with E-state index in [9.17, 15) is 9.59 Å². The summed E-state index contributed by atoms with van der Waals surface area (Å²) < 4.78 is 4.99. The highest BCUT2D eigenvalue weighted by Crippen LogP contribution is 2.34. The van der Waals surface area contributed by atoms with Crippen LogP contribution in [0.2, 0.25) is 5.02 Å². The van der Waals surface area contributed by atoms with Crippen molar-refractivity contribution in [2.75, 3.05) is 13.6 Å². The summed E-state index contributed by atoms with van der Waals surface area (Å²) in [5.74, 6) is -0.129. The summed E-state index contributed by atoms with van der Waals surface area (Å²) in [7, 11) is 3.87. The van der Waals surface area contributed by atoms with Gasteiger partial charge in [-0.3, -0.25) is 19.1 Å². The van der Waals surface area contributed by atoms with Gasteiger partial charge < -0.3 is 17.3 Å². The number of benzene rings is 1. The van der Waals surface area contributed by atoms with Gasteiger partial charge in [-0.1, -0.05) is 29.0 Å². The molecule has 3 aromatic rings. The topological polar surface area (TPSA) is 61.8 Å². The molecular weight excluding hydrogens is 581 g/mol. The van der Waals surface area contributed by atoms with E-state index in [2.05, 4.69) is 0 Å². The fourth-order valence-corrected chi connectivity index (χ4v) is 7.70. The fourth-order valence-electron chi connectivity index (χ4n) is 4.12. The number of nitrogens with zero attached hydrogens (tertiary/aromatic N) is 5. The van der Waals surface area contributed by atoms with Crippen molar-refractivity contribution in [3.8, 4) is 11.3 Å². The first-order valence-corrected chi connectivity index (χ1v) is 14.6. The minimum Gasteiger partial charge on any atom is -1.00 e. The summed E-state index contributed by atoms with van der Waals surface area (Å²) in [4.78, 5) is 35.9. The number of carbonyl (C=O) groups excluding carboxylic acids is 1. The van der Waals surface area contributed by atoms with Crippen molar-refractivity contribution in [3.05, 3.63) is 78.6 Å². The summed E-state index contributed by atoms with van der Waals surface area (Å²) in [6, 6.07) is 7.68. The Balaban J connectivity index is 0.00000336. The number of thiazole rings is 2. The van der Waals surface area contributed by atoms with Gasteiger partial charge in [-0.25, -0.2) is 4.57 Å². The molecule has 1 saturated heterocycles. The molecule has 4 heterocycles. The minimum atomic E-state index is -0.129. The first-order valence-electron chi connectivity index (χ1n) is 11.7. The Hall–Kier alpha value is -2.63. The highest BCUT2D eigenvalue weighted by Gasteiger charge is 2.38. The van der Waals surface area contributed by atoms with Crippen molar-refractivity contribution >= 4 is 72.8 Å². The minimum absolute atomic E-state index is 0. The molecule has 2 aliphatic rings. The van der Waals surface area contributed by atoms with Gasteiger partial charge >= 0.3 is 5.13 Å². The van der Waals surface area contributed by atoms with Crippen molar-refractivity contribution in [2.24, 2.45) is 12.0 Å². The van der Waals surface area contributed by atoms with Crippen LogP contribution >= 0.6 is 46.0 Å². The molecule has 0 atom stereocenters. The van der Waals surface area contributed by atoms with Crippen LogP contribution < -0.4 is 31.7 Å². The van der Waals surface area contributed by atoms with Crippen LogP contribution in [0.4, 0.5) is 5.13 Å². The third kappa shape index (κ3) is 5.03. The Labute approximate surface area is 243 Å². The first kappa shape index (κ1) is 28.4. The third-order valence-corrected chi connectivity index (χ3v) is 9.69. The summed E-state index contributed by atoms with van der Waals surface area (Å²) >= 11 is 10.3. The normalized spacial score (nSPS) is 19.1. The molecule has 0 spiro atoms. The number of halogens is 2. The molecular formula is C26H25Cl2N5O2S3. The second-order valence-electron chi connectivity index (χ2n) is 8.33.